The Hall–Kier alpha value is -3.93. The number of nitrogens with zero attached hydrogens (tertiary/aromatic N) is 4. The second kappa shape index (κ2) is 10.7. The van der Waals surface area contributed by atoms with Gasteiger partial charge in [0.15, 0.2) is 14.8 Å². The molecule has 0 amide bonds. The van der Waals surface area contributed by atoms with E-state index < -0.39 is 0 Å². The average Bonchev–Trinajstić information content (AvgIpc) is 3.53. The molecule has 0 saturated carbocycles. The van der Waals surface area contributed by atoms with Gasteiger partial charge in [-0.15, -0.1) is 0 Å². The van der Waals surface area contributed by atoms with Gasteiger partial charge in [-0.1, -0.05) is 41.3 Å². The second-order valence-electron chi connectivity index (χ2n) is 8.51. The number of ether oxygens (including phenoxy) is 2. The number of benzene rings is 3. The van der Waals surface area contributed by atoms with Crippen LogP contribution in [-0.2, 0) is 5.75 Å². The van der Waals surface area contributed by atoms with E-state index in [2.05, 4.69) is 4.98 Å². The van der Waals surface area contributed by atoms with E-state index in [0.717, 1.165) is 28.3 Å². The van der Waals surface area contributed by atoms with Gasteiger partial charge in [0.25, 0.3) is 5.56 Å². The molecule has 0 unspecified atom stereocenters. The molecule has 6 rings (SSSR count). The summed E-state index contributed by atoms with van der Waals surface area (Å²) in [6.07, 6.45) is 0. The van der Waals surface area contributed by atoms with Crippen molar-refractivity contribution < 1.29 is 9.47 Å². The third-order valence-corrected chi connectivity index (χ3v) is 8.37. The number of rotatable bonds is 8. The van der Waals surface area contributed by atoms with Gasteiger partial charge < -0.3 is 14.5 Å². The Morgan fingerprint density at radius 2 is 1.79 bits per heavy atom. The molecule has 3 aromatic carbocycles. The zero-order valence-corrected chi connectivity index (χ0v) is 23.5. The van der Waals surface area contributed by atoms with Crippen LogP contribution in [0.2, 0.25) is 0 Å². The molecule has 0 aliphatic heterocycles. The highest BCUT2D eigenvalue weighted by atomic mass is 32.2. The number of hydrogen-bond acceptors (Lipinski definition) is 8. The lowest BCUT2D eigenvalue weighted by Gasteiger charge is -2.13. The first-order chi connectivity index (χ1) is 19.1. The van der Waals surface area contributed by atoms with Gasteiger partial charge in [0.2, 0.25) is 0 Å². The Morgan fingerprint density at radius 3 is 2.56 bits per heavy atom. The Kier molecular flexibility index (Phi) is 6.94. The average molecular weight is 574 g/mol. The predicted molar refractivity (Wildman–Crippen MR) is 159 cm³/mol. The second-order valence-corrected chi connectivity index (χ2v) is 11.1. The summed E-state index contributed by atoms with van der Waals surface area (Å²) in [7, 11) is 1.62. The first-order valence-corrected chi connectivity index (χ1v) is 14.4. The quantitative estimate of drug-likeness (QED) is 0.126. The van der Waals surface area contributed by atoms with Gasteiger partial charge in [-0.3, -0.25) is 13.9 Å². The van der Waals surface area contributed by atoms with Crippen LogP contribution in [0.1, 0.15) is 12.7 Å². The molecule has 0 bridgehead atoms. The summed E-state index contributed by atoms with van der Waals surface area (Å²) < 4.78 is 15.5. The summed E-state index contributed by atoms with van der Waals surface area (Å²) in [6, 6.07) is 22.9. The molecule has 0 radical (unpaired) electrons. The number of aromatic amines is 1. The number of aromatic nitrogens is 5. The van der Waals surface area contributed by atoms with E-state index in [1.54, 1.807) is 11.7 Å². The highest BCUT2D eigenvalue weighted by Gasteiger charge is 2.20. The zero-order chi connectivity index (χ0) is 26.9. The van der Waals surface area contributed by atoms with Gasteiger partial charge in [-0.05, 0) is 67.7 Å². The van der Waals surface area contributed by atoms with Crippen LogP contribution in [0, 0.1) is 3.95 Å². The summed E-state index contributed by atoms with van der Waals surface area (Å²) in [5.41, 5.74) is 3.66. The fourth-order valence-electron chi connectivity index (χ4n) is 4.30. The summed E-state index contributed by atoms with van der Waals surface area (Å²) in [5, 5.41) is 0.529. The Morgan fingerprint density at radius 1 is 0.974 bits per heavy atom. The molecule has 0 saturated heterocycles. The Balaban J connectivity index is 1.51. The summed E-state index contributed by atoms with van der Waals surface area (Å²) in [5.74, 6) is 2.72. The number of para-hydroxylation sites is 2. The van der Waals surface area contributed by atoms with Crippen LogP contribution in [0.15, 0.2) is 82.7 Å². The van der Waals surface area contributed by atoms with Gasteiger partial charge in [-0.25, -0.2) is 9.97 Å². The molecule has 11 heteroatoms. The van der Waals surface area contributed by atoms with E-state index in [0.29, 0.717) is 43.3 Å². The lowest BCUT2D eigenvalue weighted by molar-refractivity contribution is 0.340. The first kappa shape index (κ1) is 25.4. The Bertz CT molecular complexity index is 1890. The number of H-pyrrole nitrogens is 1. The van der Waals surface area contributed by atoms with Crippen molar-refractivity contribution in [3.05, 3.63) is 92.9 Å². The molecule has 6 aromatic rings. The Labute approximate surface area is 236 Å². The summed E-state index contributed by atoms with van der Waals surface area (Å²) in [6.45, 7) is 2.50. The van der Waals surface area contributed by atoms with Gasteiger partial charge in [0.05, 0.1) is 41.9 Å². The molecule has 8 nitrogen and oxygen atoms in total. The zero-order valence-electron chi connectivity index (χ0n) is 21.1. The molecule has 1 N–H and O–H groups in total. The van der Waals surface area contributed by atoms with Crippen molar-refractivity contribution in [1.29, 1.82) is 0 Å². The van der Waals surface area contributed by atoms with Crippen LogP contribution in [0.25, 0.3) is 32.8 Å². The van der Waals surface area contributed by atoms with Crippen molar-refractivity contribution in [2.24, 2.45) is 0 Å². The highest BCUT2D eigenvalue weighted by molar-refractivity contribution is 7.98. The van der Waals surface area contributed by atoms with E-state index in [4.69, 9.17) is 31.7 Å². The lowest BCUT2D eigenvalue weighted by atomic mass is 10.3. The van der Waals surface area contributed by atoms with E-state index in [-0.39, 0.29) is 5.56 Å². The number of methoxy groups -OCH3 is 1. The normalized spacial score (nSPS) is 11.3. The third-order valence-electron chi connectivity index (χ3n) is 6.07. The van der Waals surface area contributed by atoms with E-state index in [1.807, 2.05) is 84.3 Å². The molecule has 3 heterocycles. The maximum absolute atomic E-state index is 14.0. The van der Waals surface area contributed by atoms with Gasteiger partial charge in [0, 0.05) is 6.07 Å². The smallest absolute Gasteiger partial charge is 0.278 e. The summed E-state index contributed by atoms with van der Waals surface area (Å²) >= 11 is 8.40. The minimum Gasteiger partial charge on any atom is -0.497 e. The summed E-state index contributed by atoms with van der Waals surface area (Å²) in [4.78, 5) is 27.1. The molecule has 0 fully saturated rings. The van der Waals surface area contributed by atoms with E-state index in [1.165, 1.54) is 23.1 Å². The van der Waals surface area contributed by atoms with Gasteiger partial charge in [0.1, 0.15) is 22.0 Å². The number of thioether (sulfide) groups is 1. The van der Waals surface area contributed by atoms with E-state index >= 15 is 0 Å². The van der Waals surface area contributed by atoms with Crippen LogP contribution < -0.4 is 15.0 Å². The highest BCUT2D eigenvalue weighted by Crippen LogP contribution is 2.30. The van der Waals surface area contributed by atoms with Crippen molar-refractivity contribution in [3.8, 4) is 22.9 Å². The monoisotopic (exact) mass is 573 g/mol. The number of thiazole rings is 1. The molecule has 196 valence electrons. The number of imidazole rings is 1. The van der Waals surface area contributed by atoms with E-state index in [9.17, 15) is 4.79 Å². The topological polar surface area (TPSA) is 87.0 Å². The van der Waals surface area contributed by atoms with Crippen molar-refractivity contribution in [2.75, 3.05) is 13.7 Å². The maximum Gasteiger partial charge on any atom is 0.278 e. The van der Waals surface area contributed by atoms with Crippen LogP contribution in [0.3, 0.4) is 0 Å². The van der Waals surface area contributed by atoms with Crippen molar-refractivity contribution >= 4 is 56.7 Å². The fraction of sp³-hybridized carbons (Fsp3) is 0.143. The molecule has 0 aliphatic carbocycles. The number of hydrogen-bond donors (Lipinski definition) is 1. The van der Waals surface area contributed by atoms with Gasteiger partial charge >= 0.3 is 0 Å². The molecular formula is C28H23N5O3S3. The maximum atomic E-state index is 14.0. The largest absolute Gasteiger partial charge is 0.497 e. The van der Waals surface area contributed by atoms with Gasteiger partial charge in [-0.2, -0.15) is 0 Å². The fourth-order valence-corrected chi connectivity index (χ4v) is 6.48. The van der Waals surface area contributed by atoms with Crippen molar-refractivity contribution in [2.45, 2.75) is 17.8 Å². The third kappa shape index (κ3) is 4.84. The molecule has 0 aliphatic rings. The minimum absolute atomic E-state index is 0.186. The van der Waals surface area contributed by atoms with Crippen LogP contribution in [-0.4, -0.2) is 37.8 Å². The van der Waals surface area contributed by atoms with Crippen LogP contribution in [0.5, 0.6) is 11.5 Å². The predicted octanol–water partition coefficient (Wildman–Crippen LogP) is 6.54. The molecule has 3 aromatic heterocycles. The number of nitrogens with one attached hydrogen (secondary N) is 1. The van der Waals surface area contributed by atoms with Crippen molar-refractivity contribution in [3.63, 3.8) is 0 Å². The number of fused-ring (bicyclic) bond motifs is 2. The van der Waals surface area contributed by atoms with Crippen LogP contribution in [0.4, 0.5) is 0 Å². The first-order valence-electron chi connectivity index (χ1n) is 12.2. The lowest BCUT2D eigenvalue weighted by Crippen LogP contribution is -2.21. The molecule has 0 spiro atoms. The molecular weight excluding hydrogens is 551 g/mol. The molecule has 39 heavy (non-hydrogen) atoms. The standard InChI is InChI=1S/C28H23N5O3S3/c1-3-36-19-13-11-17(12-14-19)33-26(34)24-25(32(28(37)39-24)18-7-6-8-20(15-18)35-2)31-27(33)38-16-23-29-21-9-4-5-10-22(21)30-23/h4-15H,3,16H2,1-2H3,(H,29,30). The molecule has 0 atom stereocenters. The van der Waals surface area contributed by atoms with Crippen molar-refractivity contribution in [1.82, 2.24) is 24.1 Å². The van der Waals surface area contributed by atoms with Crippen LogP contribution >= 0.6 is 35.3 Å². The minimum atomic E-state index is -0.186. The SMILES string of the molecule is CCOc1ccc(-n2c(SCc3nc4ccccc4[nH]3)nc3c(sc(=S)n3-c3cccc(OC)c3)c2=O)cc1.